The molecule has 0 saturated carbocycles. The predicted octanol–water partition coefficient (Wildman–Crippen LogP) is 3.11. The first-order valence-corrected chi connectivity index (χ1v) is 8.34. The predicted molar refractivity (Wildman–Crippen MR) is 88.7 cm³/mol. The number of aliphatic hydroxyl groups is 1. The second-order valence-corrected chi connectivity index (χ2v) is 6.29. The topological polar surface area (TPSA) is 52.6 Å². The molecule has 0 fully saturated rings. The molecule has 0 bridgehead atoms. The fourth-order valence-electron chi connectivity index (χ4n) is 3.14. The van der Waals surface area contributed by atoms with Gasteiger partial charge in [-0.3, -0.25) is 0 Å². The molecule has 0 saturated heterocycles. The lowest BCUT2D eigenvalue weighted by molar-refractivity contribution is 0.146. The summed E-state index contributed by atoms with van der Waals surface area (Å²) in [6.07, 6.45) is 2.97. The smallest absolute Gasteiger partial charge is 0.318 e. The molecule has 2 rings (SSSR count). The molecule has 0 radical (unpaired) electrons. The summed E-state index contributed by atoms with van der Waals surface area (Å²) in [7, 11) is 0. The number of rotatable bonds is 6. The van der Waals surface area contributed by atoms with E-state index in [0.29, 0.717) is 12.5 Å². The number of hydrogen-bond acceptors (Lipinski definition) is 2. The van der Waals surface area contributed by atoms with Crippen LogP contribution in [-0.4, -0.2) is 35.2 Å². The van der Waals surface area contributed by atoms with Crippen LogP contribution in [0.4, 0.5) is 4.79 Å². The van der Waals surface area contributed by atoms with E-state index in [-0.39, 0.29) is 24.7 Å². The zero-order chi connectivity index (χ0) is 16.1. The van der Waals surface area contributed by atoms with Gasteiger partial charge in [-0.15, -0.1) is 0 Å². The molecule has 1 aromatic rings. The Kier molecular flexibility index (Phi) is 5.83. The average Bonchev–Trinajstić information content (AvgIpc) is 2.95. The van der Waals surface area contributed by atoms with Crippen LogP contribution >= 0.6 is 0 Å². The highest BCUT2D eigenvalue weighted by atomic mass is 16.3. The van der Waals surface area contributed by atoms with E-state index in [9.17, 15) is 9.90 Å². The molecule has 0 heterocycles. The molecule has 1 aliphatic rings. The highest BCUT2D eigenvalue weighted by molar-refractivity contribution is 5.75. The lowest BCUT2D eigenvalue weighted by Gasteiger charge is -2.31. The molecule has 2 N–H and O–H groups in total. The van der Waals surface area contributed by atoms with Crippen molar-refractivity contribution < 1.29 is 9.90 Å². The summed E-state index contributed by atoms with van der Waals surface area (Å²) >= 11 is 0. The maximum absolute atomic E-state index is 12.7. The van der Waals surface area contributed by atoms with Crippen LogP contribution in [0.5, 0.6) is 0 Å². The molecular weight excluding hydrogens is 276 g/mol. The summed E-state index contributed by atoms with van der Waals surface area (Å²) < 4.78 is 0. The van der Waals surface area contributed by atoms with Crippen molar-refractivity contribution in [1.82, 2.24) is 10.2 Å². The number of aliphatic hydroxyl groups excluding tert-OH is 1. The number of aryl methyl sites for hydroxylation is 1. The number of hydrogen-bond donors (Lipinski definition) is 2. The van der Waals surface area contributed by atoms with Gasteiger partial charge in [-0.1, -0.05) is 44.5 Å². The van der Waals surface area contributed by atoms with Crippen LogP contribution < -0.4 is 5.32 Å². The first-order valence-electron chi connectivity index (χ1n) is 8.34. The monoisotopic (exact) mass is 304 g/mol. The van der Waals surface area contributed by atoms with E-state index < -0.39 is 0 Å². The average molecular weight is 304 g/mol. The summed E-state index contributed by atoms with van der Waals surface area (Å²) in [5.74, 6) is 0.441. The van der Waals surface area contributed by atoms with Gasteiger partial charge in [0.05, 0.1) is 12.6 Å². The largest absolute Gasteiger partial charge is 0.395 e. The van der Waals surface area contributed by atoms with Gasteiger partial charge in [0.25, 0.3) is 0 Å². The number of urea groups is 1. The Morgan fingerprint density at radius 1 is 1.41 bits per heavy atom. The highest BCUT2D eigenvalue weighted by Crippen LogP contribution is 2.35. The number of carbonyl (C=O) groups is 1. The van der Waals surface area contributed by atoms with Crippen LogP contribution in [0.3, 0.4) is 0 Å². The Labute approximate surface area is 133 Å². The molecule has 0 aromatic heterocycles. The lowest BCUT2D eigenvalue weighted by Crippen LogP contribution is -2.47. The third-order valence-corrected chi connectivity index (χ3v) is 4.93. The second kappa shape index (κ2) is 7.63. The Morgan fingerprint density at radius 2 is 2.14 bits per heavy atom. The van der Waals surface area contributed by atoms with Crippen molar-refractivity contribution in [3.63, 3.8) is 0 Å². The van der Waals surface area contributed by atoms with Crippen LogP contribution in [0.15, 0.2) is 24.3 Å². The SMILES string of the molecule is CCC(C)C(C)NC(=O)N(CCO)C1CCc2ccccc21. The zero-order valence-electron chi connectivity index (χ0n) is 13.9. The number of carbonyl (C=O) groups excluding carboxylic acids is 1. The van der Waals surface area contributed by atoms with Gasteiger partial charge in [0.2, 0.25) is 0 Å². The summed E-state index contributed by atoms with van der Waals surface area (Å²) in [6.45, 7) is 6.69. The van der Waals surface area contributed by atoms with E-state index in [1.165, 1.54) is 11.1 Å². The first-order chi connectivity index (χ1) is 10.6. The summed E-state index contributed by atoms with van der Waals surface area (Å²) in [5, 5.41) is 12.5. The maximum Gasteiger partial charge on any atom is 0.318 e. The van der Waals surface area contributed by atoms with Crippen molar-refractivity contribution in [3.8, 4) is 0 Å². The van der Waals surface area contributed by atoms with Crippen molar-refractivity contribution in [2.45, 2.75) is 52.1 Å². The van der Waals surface area contributed by atoms with Crippen molar-refractivity contribution in [2.24, 2.45) is 5.92 Å². The van der Waals surface area contributed by atoms with Crippen LogP contribution in [0.2, 0.25) is 0 Å². The number of nitrogens with one attached hydrogen (secondary N) is 1. The molecular formula is C18H28N2O2. The quantitative estimate of drug-likeness (QED) is 0.848. The van der Waals surface area contributed by atoms with Gasteiger partial charge in [-0.05, 0) is 36.8 Å². The lowest BCUT2D eigenvalue weighted by atomic mass is 10.0. The normalized spacial score (nSPS) is 19.4. The first kappa shape index (κ1) is 16.8. The fourth-order valence-corrected chi connectivity index (χ4v) is 3.14. The zero-order valence-corrected chi connectivity index (χ0v) is 13.9. The van der Waals surface area contributed by atoms with Gasteiger partial charge >= 0.3 is 6.03 Å². The minimum Gasteiger partial charge on any atom is -0.395 e. The van der Waals surface area contributed by atoms with Crippen molar-refractivity contribution in [1.29, 1.82) is 0 Å². The van der Waals surface area contributed by atoms with Crippen LogP contribution in [0.25, 0.3) is 0 Å². The summed E-state index contributed by atoms with van der Waals surface area (Å²) in [5.41, 5.74) is 2.54. The molecule has 1 aromatic carbocycles. The number of nitrogens with zero attached hydrogens (tertiary/aromatic N) is 1. The Balaban J connectivity index is 2.12. The Bertz CT molecular complexity index is 504. The van der Waals surface area contributed by atoms with E-state index in [1.54, 1.807) is 4.90 Å². The fraction of sp³-hybridized carbons (Fsp3) is 0.611. The van der Waals surface area contributed by atoms with Crippen LogP contribution in [-0.2, 0) is 6.42 Å². The molecule has 2 amide bonds. The number of amides is 2. The number of fused-ring (bicyclic) bond motifs is 1. The molecule has 22 heavy (non-hydrogen) atoms. The highest BCUT2D eigenvalue weighted by Gasteiger charge is 2.31. The third-order valence-electron chi connectivity index (χ3n) is 4.93. The molecule has 4 nitrogen and oxygen atoms in total. The molecule has 4 heteroatoms. The van der Waals surface area contributed by atoms with E-state index >= 15 is 0 Å². The Morgan fingerprint density at radius 3 is 2.82 bits per heavy atom. The molecule has 3 unspecified atom stereocenters. The van der Waals surface area contributed by atoms with Crippen molar-refractivity contribution in [2.75, 3.05) is 13.2 Å². The summed E-state index contributed by atoms with van der Waals surface area (Å²) in [6, 6.07) is 8.44. The van der Waals surface area contributed by atoms with E-state index in [2.05, 4.69) is 31.3 Å². The third kappa shape index (κ3) is 3.61. The van der Waals surface area contributed by atoms with Crippen molar-refractivity contribution in [3.05, 3.63) is 35.4 Å². The van der Waals surface area contributed by atoms with E-state index in [0.717, 1.165) is 19.3 Å². The molecule has 1 aliphatic carbocycles. The number of benzene rings is 1. The Hall–Kier alpha value is -1.55. The minimum absolute atomic E-state index is 0.0101. The van der Waals surface area contributed by atoms with Gasteiger partial charge in [-0.25, -0.2) is 4.79 Å². The molecule has 0 spiro atoms. The summed E-state index contributed by atoms with van der Waals surface area (Å²) in [4.78, 5) is 14.5. The van der Waals surface area contributed by atoms with Gasteiger partial charge < -0.3 is 15.3 Å². The van der Waals surface area contributed by atoms with Crippen LogP contribution in [0.1, 0.15) is 50.8 Å². The standard InChI is InChI=1S/C18H28N2O2/c1-4-13(2)14(3)19-18(22)20(11-12-21)17-10-9-15-7-5-6-8-16(15)17/h5-8,13-14,17,21H,4,9-12H2,1-3H3,(H,19,22). The maximum atomic E-state index is 12.7. The van der Waals surface area contributed by atoms with Gasteiger partial charge in [-0.2, -0.15) is 0 Å². The molecule has 0 aliphatic heterocycles. The van der Waals surface area contributed by atoms with Crippen LogP contribution in [0, 0.1) is 5.92 Å². The molecule has 122 valence electrons. The van der Waals surface area contributed by atoms with Crippen molar-refractivity contribution >= 4 is 6.03 Å². The minimum atomic E-state index is -0.0662. The molecule has 3 atom stereocenters. The van der Waals surface area contributed by atoms with Gasteiger partial charge in [0.15, 0.2) is 0 Å². The van der Waals surface area contributed by atoms with E-state index in [4.69, 9.17) is 0 Å². The van der Waals surface area contributed by atoms with Gasteiger partial charge in [0.1, 0.15) is 0 Å². The second-order valence-electron chi connectivity index (χ2n) is 6.29. The van der Waals surface area contributed by atoms with E-state index in [1.807, 2.05) is 19.1 Å². The van der Waals surface area contributed by atoms with Gasteiger partial charge in [0, 0.05) is 12.6 Å².